The molecule has 0 aliphatic carbocycles. The summed E-state index contributed by atoms with van der Waals surface area (Å²) in [6.45, 7) is 3.31. The van der Waals surface area contributed by atoms with Crippen molar-refractivity contribution in [1.29, 1.82) is 0 Å². The van der Waals surface area contributed by atoms with Gasteiger partial charge in [-0.2, -0.15) is 0 Å². The molecule has 1 saturated heterocycles. The molecule has 3 heterocycles. The van der Waals surface area contributed by atoms with E-state index in [9.17, 15) is 9.59 Å². The Morgan fingerprint density at radius 2 is 1.92 bits per heavy atom. The molecule has 2 aromatic rings. The summed E-state index contributed by atoms with van der Waals surface area (Å²) >= 11 is 0. The molecule has 0 radical (unpaired) electrons. The van der Waals surface area contributed by atoms with Gasteiger partial charge < -0.3 is 20.0 Å². The summed E-state index contributed by atoms with van der Waals surface area (Å²) in [5, 5.41) is 13.6. The van der Waals surface area contributed by atoms with Gasteiger partial charge in [-0.3, -0.25) is 9.59 Å². The van der Waals surface area contributed by atoms with Crippen LogP contribution >= 0.6 is 0 Å². The van der Waals surface area contributed by atoms with Crippen molar-refractivity contribution in [3.8, 4) is 0 Å². The Morgan fingerprint density at radius 3 is 2.48 bits per heavy atom. The van der Waals surface area contributed by atoms with Crippen molar-refractivity contribution in [2.24, 2.45) is 0 Å². The van der Waals surface area contributed by atoms with Crippen LogP contribution in [0.5, 0.6) is 0 Å². The summed E-state index contributed by atoms with van der Waals surface area (Å²) in [6, 6.07) is 5.27. The van der Waals surface area contributed by atoms with Gasteiger partial charge in [0.25, 0.3) is 11.8 Å². The minimum absolute atomic E-state index is 0.0978. The smallest absolute Gasteiger partial charge is 0.271 e. The van der Waals surface area contributed by atoms with Crippen molar-refractivity contribution >= 4 is 17.6 Å². The van der Waals surface area contributed by atoms with Crippen LogP contribution in [0, 0.1) is 6.92 Å². The van der Waals surface area contributed by atoms with Crippen molar-refractivity contribution in [3.63, 3.8) is 0 Å². The average molecular weight is 343 g/mol. The molecule has 2 aromatic heterocycles. The third kappa shape index (κ3) is 3.78. The highest BCUT2D eigenvalue weighted by molar-refractivity contribution is 5.95. The molecule has 8 heteroatoms. The number of rotatable bonds is 4. The minimum Gasteiger partial charge on any atom is -0.469 e. The number of nitrogens with zero attached hydrogens (tertiary/aromatic N) is 3. The Labute approximate surface area is 145 Å². The number of amides is 2. The Morgan fingerprint density at radius 1 is 1.16 bits per heavy atom. The van der Waals surface area contributed by atoms with Crippen molar-refractivity contribution in [1.82, 2.24) is 20.8 Å². The van der Waals surface area contributed by atoms with Crippen molar-refractivity contribution in [3.05, 3.63) is 41.5 Å². The van der Waals surface area contributed by atoms with Gasteiger partial charge in [0.2, 0.25) is 0 Å². The number of aryl methyl sites for hydroxylation is 1. The predicted octanol–water partition coefficient (Wildman–Crippen LogP) is 1.14. The van der Waals surface area contributed by atoms with E-state index in [1.54, 1.807) is 32.2 Å². The normalized spacial score (nSPS) is 15.0. The highest BCUT2D eigenvalue weighted by Crippen LogP contribution is 2.18. The average Bonchev–Trinajstić information content (AvgIpc) is 3.08. The standard InChI is InChI=1S/C17H21N5O3/c1-11-13(7-10-25-11)16(23)19-12-5-8-22(9-6-12)15-4-3-14(20-21-15)17(24)18-2/h3-4,7,10,12H,5-6,8-9H2,1-2H3,(H,18,24)(H,19,23). The van der Waals surface area contributed by atoms with Crippen LogP contribution in [0.15, 0.2) is 28.9 Å². The molecule has 25 heavy (non-hydrogen) atoms. The number of aromatic nitrogens is 2. The molecule has 0 bridgehead atoms. The molecule has 132 valence electrons. The Balaban J connectivity index is 1.54. The van der Waals surface area contributed by atoms with E-state index in [1.807, 2.05) is 0 Å². The molecule has 0 unspecified atom stereocenters. The lowest BCUT2D eigenvalue weighted by Crippen LogP contribution is -2.45. The van der Waals surface area contributed by atoms with E-state index in [2.05, 4.69) is 25.7 Å². The van der Waals surface area contributed by atoms with Gasteiger partial charge in [-0.1, -0.05) is 0 Å². The summed E-state index contributed by atoms with van der Waals surface area (Å²) < 4.78 is 5.17. The number of hydrogen-bond acceptors (Lipinski definition) is 6. The number of anilines is 1. The summed E-state index contributed by atoms with van der Waals surface area (Å²) in [5.41, 5.74) is 0.877. The summed E-state index contributed by atoms with van der Waals surface area (Å²) in [5.74, 6) is 1.01. The molecule has 2 amide bonds. The number of furan rings is 1. The largest absolute Gasteiger partial charge is 0.469 e. The minimum atomic E-state index is -0.255. The van der Waals surface area contributed by atoms with Crippen LogP contribution in [0.2, 0.25) is 0 Å². The Bertz CT molecular complexity index is 748. The van der Waals surface area contributed by atoms with Crippen LogP contribution in [0.1, 0.15) is 39.4 Å². The SMILES string of the molecule is CNC(=O)c1ccc(N2CCC(NC(=O)c3ccoc3C)CC2)nn1. The second-order valence-electron chi connectivity index (χ2n) is 5.98. The maximum absolute atomic E-state index is 12.2. The Hall–Kier alpha value is -2.90. The van der Waals surface area contributed by atoms with Crippen LogP contribution in [-0.4, -0.2) is 48.2 Å². The fourth-order valence-corrected chi connectivity index (χ4v) is 2.88. The number of carbonyl (C=O) groups is 2. The fraction of sp³-hybridized carbons (Fsp3) is 0.412. The van der Waals surface area contributed by atoms with Gasteiger partial charge >= 0.3 is 0 Å². The first-order valence-corrected chi connectivity index (χ1v) is 8.24. The first-order valence-electron chi connectivity index (χ1n) is 8.24. The van der Waals surface area contributed by atoms with Gasteiger partial charge in [-0.05, 0) is 38.0 Å². The van der Waals surface area contributed by atoms with Crippen molar-refractivity contribution in [2.45, 2.75) is 25.8 Å². The number of carbonyl (C=O) groups excluding carboxylic acids is 2. The lowest BCUT2D eigenvalue weighted by Gasteiger charge is -2.32. The van der Waals surface area contributed by atoms with Gasteiger partial charge in [0, 0.05) is 26.2 Å². The molecular formula is C17H21N5O3. The quantitative estimate of drug-likeness (QED) is 0.863. The molecule has 2 N–H and O–H groups in total. The molecule has 0 spiro atoms. The van der Waals surface area contributed by atoms with Crippen molar-refractivity contribution < 1.29 is 14.0 Å². The van der Waals surface area contributed by atoms with Gasteiger partial charge in [-0.15, -0.1) is 10.2 Å². The summed E-state index contributed by atoms with van der Waals surface area (Å²) in [7, 11) is 1.56. The molecule has 1 fully saturated rings. The van der Waals surface area contributed by atoms with E-state index >= 15 is 0 Å². The topological polar surface area (TPSA) is 100 Å². The van der Waals surface area contributed by atoms with Crippen LogP contribution in [-0.2, 0) is 0 Å². The third-order valence-electron chi connectivity index (χ3n) is 4.37. The number of nitrogens with one attached hydrogen (secondary N) is 2. The van der Waals surface area contributed by atoms with E-state index in [1.165, 1.54) is 6.26 Å². The van der Waals surface area contributed by atoms with E-state index in [0.717, 1.165) is 31.7 Å². The van der Waals surface area contributed by atoms with Gasteiger partial charge in [0.05, 0.1) is 11.8 Å². The molecule has 3 rings (SSSR count). The zero-order chi connectivity index (χ0) is 17.8. The first kappa shape index (κ1) is 16.9. The van der Waals surface area contributed by atoms with Crippen LogP contribution in [0.25, 0.3) is 0 Å². The molecule has 0 saturated carbocycles. The second kappa shape index (κ2) is 7.33. The molecule has 0 aromatic carbocycles. The van der Waals surface area contributed by atoms with E-state index < -0.39 is 0 Å². The maximum Gasteiger partial charge on any atom is 0.271 e. The van der Waals surface area contributed by atoms with Crippen molar-refractivity contribution in [2.75, 3.05) is 25.0 Å². The molecule has 8 nitrogen and oxygen atoms in total. The van der Waals surface area contributed by atoms with Gasteiger partial charge in [0.15, 0.2) is 11.5 Å². The summed E-state index contributed by atoms with van der Waals surface area (Å²) in [4.78, 5) is 25.8. The summed E-state index contributed by atoms with van der Waals surface area (Å²) in [6.07, 6.45) is 3.16. The number of piperidine rings is 1. The molecule has 1 aliphatic rings. The van der Waals surface area contributed by atoms with Gasteiger partial charge in [-0.25, -0.2) is 0 Å². The van der Waals surface area contributed by atoms with E-state index in [4.69, 9.17) is 4.42 Å². The first-order chi connectivity index (χ1) is 12.1. The van der Waals surface area contributed by atoms with E-state index in [-0.39, 0.29) is 17.9 Å². The Kier molecular flexibility index (Phi) is 4.97. The predicted molar refractivity (Wildman–Crippen MR) is 91.6 cm³/mol. The lowest BCUT2D eigenvalue weighted by molar-refractivity contribution is 0.0927. The van der Waals surface area contributed by atoms with E-state index in [0.29, 0.717) is 17.0 Å². The monoisotopic (exact) mass is 343 g/mol. The zero-order valence-corrected chi connectivity index (χ0v) is 14.3. The number of hydrogen-bond donors (Lipinski definition) is 2. The highest BCUT2D eigenvalue weighted by atomic mass is 16.3. The lowest BCUT2D eigenvalue weighted by atomic mass is 10.0. The van der Waals surface area contributed by atoms with Gasteiger partial charge in [0.1, 0.15) is 5.76 Å². The third-order valence-corrected chi connectivity index (χ3v) is 4.37. The molecule has 1 aliphatic heterocycles. The maximum atomic E-state index is 12.2. The fourth-order valence-electron chi connectivity index (χ4n) is 2.88. The highest BCUT2D eigenvalue weighted by Gasteiger charge is 2.23. The van der Waals surface area contributed by atoms with Crippen LogP contribution in [0.4, 0.5) is 5.82 Å². The zero-order valence-electron chi connectivity index (χ0n) is 14.3. The molecule has 0 atom stereocenters. The molecular weight excluding hydrogens is 322 g/mol. The second-order valence-corrected chi connectivity index (χ2v) is 5.98. The van der Waals surface area contributed by atoms with Crippen LogP contribution < -0.4 is 15.5 Å². The van der Waals surface area contributed by atoms with Crippen LogP contribution in [0.3, 0.4) is 0 Å².